The van der Waals surface area contributed by atoms with Crippen LogP contribution in [0.3, 0.4) is 0 Å². The van der Waals surface area contributed by atoms with E-state index in [1.54, 1.807) is 23.9 Å². The normalized spacial score (nSPS) is 15.4. The number of thioether (sulfide) groups is 1. The molecule has 3 aromatic rings. The Morgan fingerprint density at radius 1 is 1.15 bits per heavy atom. The second-order valence-electron chi connectivity index (χ2n) is 6.13. The molecule has 0 bridgehead atoms. The molecule has 0 amide bonds. The van der Waals surface area contributed by atoms with Crippen molar-refractivity contribution in [1.29, 1.82) is 0 Å². The third kappa shape index (κ3) is 3.09. The predicted octanol–water partition coefficient (Wildman–Crippen LogP) is 3.94. The van der Waals surface area contributed by atoms with Crippen LogP contribution in [0.5, 0.6) is 0 Å². The van der Waals surface area contributed by atoms with Crippen molar-refractivity contribution < 1.29 is 4.92 Å². The van der Waals surface area contributed by atoms with Crippen molar-refractivity contribution in [3.8, 4) is 11.4 Å². The highest BCUT2D eigenvalue weighted by Crippen LogP contribution is 2.33. The van der Waals surface area contributed by atoms with Gasteiger partial charge in [-0.05, 0) is 12.5 Å². The minimum absolute atomic E-state index is 0.0535. The van der Waals surface area contributed by atoms with Gasteiger partial charge in [0.2, 0.25) is 0 Å². The van der Waals surface area contributed by atoms with Crippen LogP contribution >= 0.6 is 11.8 Å². The van der Waals surface area contributed by atoms with Crippen molar-refractivity contribution in [2.75, 3.05) is 5.88 Å². The second-order valence-corrected chi connectivity index (χ2v) is 7.04. The first kappa shape index (κ1) is 16.7. The lowest BCUT2D eigenvalue weighted by Crippen LogP contribution is -2.33. The van der Waals surface area contributed by atoms with Crippen LogP contribution in [-0.4, -0.2) is 30.5 Å². The van der Waals surface area contributed by atoms with E-state index in [1.807, 2.05) is 28.8 Å². The zero-order valence-electron chi connectivity index (χ0n) is 14.1. The molecular formula is C18H17N5O2S. The Bertz CT molecular complexity index is 944. The smallest absolute Gasteiger partial charge is 0.270 e. The van der Waals surface area contributed by atoms with Crippen molar-refractivity contribution in [3.05, 3.63) is 70.3 Å². The number of hydrogen-bond acceptors (Lipinski definition) is 6. The lowest BCUT2D eigenvalue weighted by molar-refractivity contribution is -0.384. The molecule has 1 aliphatic rings. The van der Waals surface area contributed by atoms with Crippen LogP contribution in [0.25, 0.3) is 11.4 Å². The lowest BCUT2D eigenvalue weighted by atomic mass is 10.1. The van der Waals surface area contributed by atoms with Gasteiger partial charge in [0.25, 0.3) is 5.69 Å². The van der Waals surface area contributed by atoms with Crippen LogP contribution in [0.15, 0.2) is 59.8 Å². The van der Waals surface area contributed by atoms with E-state index < -0.39 is 4.92 Å². The van der Waals surface area contributed by atoms with Gasteiger partial charge in [0.1, 0.15) is 0 Å². The van der Waals surface area contributed by atoms with Crippen LogP contribution in [-0.2, 0) is 6.67 Å². The Labute approximate surface area is 154 Å². The number of benzene rings is 2. The minimum atomic E-state index is -0.393. The number of nitrogens with zero attached hydrogens (tertiary/aromatic N) is 5. The Morgan fingerprint density at radius 2 is 1.96 bits per heavy atom. The summed E-state index contributed by atoms with van der Waals surface area (Å²) in [6.45, 7) is 2.82. The maximum absolute atomic E-state index is 11.1. The summed E-state index contributed by atoms with van der Waals surface area (Å²) in [7, 11) is 0. The van der Waals surface area contributed by atoms with Gasteiger partial charge in [-0.1, -0.05) is 54.2 Å². The standard InChI is InChI=1S/C18H17N5O2S/c1-13(14-6-3-2-4-7-14)21-11-22-17(19-20-18(22)26-12-21)15-8-5-9-16(10-15)23(24)25/h2-10,13H,11-12H2,1H3. The number of aromatic nitrogens is 3. The highest BCUT2D eigenvalue weighted by molar-refractivity contribution is 7.99. The van der Waals surface area contributed by atoms with E-state index in [4.69, 9.17) is 0 Å². The summed E-state index contributed by atoms with van der Waals surface area (Å²) in [6, 6.07) is 17.1. The number of nitro benzene ring substituents is 1. The predicted molar refractivity (Wildman–Crippen MR) is 99.5 cm³/mol. The molecule has 4 rings (SSSR count). The first-order chi connectivity index (χ1) is 12.6. The molecule has 0 saturated carbocycles. The second kappa shape index (κ2) is 6.89. The fraction of sp³-hybridized carbons (Fsp3) is 0.222. The fourth-order valence-corrected chi connectivity index (χ4v) is 4.02. The van der Waals surface area contributed by atoms with E-state index in [2.05, 4.69) is 34.2 Å². The number of non-ortho nitro benzene ring substituents is 1. The van der Waals surface area contributed by atoms with Crippen molar-refractivity contribution >= 4 is 17.4 Å². The fourth-order valence-electron chi connectivity index (χ4n) is 3.03. The molecule has 26 heavy (non-hydrogen) atoms. The molecular weight excluding hydrogens is 350 g/mol. The average Bonchev–Trinajstić information content (AvgIpc) is 3.11. The van der Waals surface area contributed by atoms with Crippen LogP contribution in [0.4, 0.5) is 5.69 Å². The molecule has 1 unspecified atom stereocenters. The Balaban J connectivity index is 1.64. The zero-order valence-corrected chi connectivity index (χ0v) is 15.0. The molecule has 0 N–H and O–H groups in total. The average molecular weight is 367 g/mol. The molecule has 0 fully saturated rings. The van der Waals surface area contributed by atoms with Gasteiger partial charge in [-0.25, -0.2) is 0 Å². The molecule has 0 radical (unpaired) electrons. The number of nitro groups is 1. The largest absolute Gasteiger partial charge is 0.288 e. The molecule has 0 spiro atoms. The van der Waals surface area contributed by atoms with Gasteiger partial charge in [-0.3, -0.25) is 19.6 Å². The van der Waals surface area contributed by atoms with Gasteiger partial charge in [0.05, 0.1) is 17.5 Å². The molecule has 1 aliphatic heterocycles. The summed E-state index contributed by atoms with van der Waals surface area (Å²) < 4.78 is 2.02. The van der Waals surface area contributed by atoms with Gasteiger partial charge in [0, 0.05) is 23.7 Å². The summed E-state index contributed by atoms with van der Waals surface area (Å²) in [4.78, 5) is 13.0. The summed E-state index contributed by atoms with van der Waals surface area (Å²) >= 11 is 1.63. The van der Waals surface area contributed by atoms with E-state index in [0.717, 1.165) is 11.0 Å². The first-order valence-corrected chi connectivity index (χ1v) is 9.22. The van der Waals surface area contributed by atoms with Crippen LogP contribution in [0.1, 0.15) is 18.5 Å². The molecule has 8 heteroatoms. The molecule has 1 atom stereocenters. The lowest BCUT2D eigenvalue weighted by Gasteiger charge is -2.33. The van der Waals surface area contributed by atoms with Crippen molar-refractivity contribution in [3.63, 3.8) is 0 Å². The third-order valence-corrected chi connectivity index (χ3v) is 5.57. The van der Waals surface area contributed by atoms with Gasteiger partial charge < -0.3 is 0 Å². The Morgan fingerprint density at radius 3 is 2.73 bits per heavy atom. The molecule has 0 saturated heterocycles. The maximum Gasteiger partial charge on any atom is 0.270 e. The number of hydrogen-bond donors (Lipinski definition) is 0. The summed E-state index contributed by atoms with van der Waals surface area (Å²) in [5, 5.41) is 20.4. The van der Waals surface area contributed by atoms with Crippen LogP contribution in [0.2, 0.25) is 0 Å². The molecule has 0 aliphatic carbocycles. The van der Waals surface area contributed by atoms with Crippen LogP contribution in [0, 0.1) is 10.1 Å². The summed E-state index contributed by atoms with van der Waals surface area (Å²) in [5.74, 6) is 1.48. The first-order valence-electron chi connectivity index (χ1n) is 8.23. The van der Waals surface area contributed by atoms with E-state index in [1.165, 1.54) is 11.6 Å². The number of rotatable bonds is 4. The van der Waals surface area contributed by atoms with Crippen molar-refractivity contribution in [2.45, 2.75) is 24.8 Å². The monoisotopic (exact) mass is 367 g/mol. The zero-order chi connectivity index (χ0) is 18.1. The van der Waals surface area contributed by atoms with Crippen molar-refractivity contribution in [2.24, 2.45) is 0 Å². The summed E-state index contributed by atoms with van der Waals surface area (Å²) in [5.41, 5.74) is 2.01. The molecule has 2 heterocycles. The summed E-state index contributed by atoms with van der Waals surface area (Å²) in [6.07, 6.45) is 0. The quantitative estimate of drug-likeness (QED) is 0.513. The topological polar surface area (TPSA) is 77.1 Å². The van der Waals surface area contributed by atoms with Crippen molar-refractivity contribution in [1.82, 2.24) is 19.7 Å². The maximum atomic E-state index is 11.1. The Kier molecular flexibility index (Phi) is 4.44. The highest BCUT2D eigenvalue weighted by Gasteiger charge is 2.26. The minimum Gasteiger partial charge on any atom is -0.288 e. The van der Waals surface area contributed by atoms with Gasteiger partial charge in [-0.15, -0.1) is 10.2 Å². The molecule has 2 aromatic carbocycles. The van der Waals surface area contributed by atoms with E-state index in [0.29, 0.717) is 18.1 Å². The molecule has 7 nitrogen and oxygen atoms in total. The Hall–Kier alpha value is -2.71. The SMILES string of the molecule is CC(c1ccccc1)N1CSc2nnc(-c3cccc([N+](=O)[O-])c3)n2C1. The molecule has 132 valence electrons. The number of fused-ring (bicyclic) bond motifs is 1. The van der Waals surface area contributed by atoms with E-state index >= 15 is 0 Å². The van der Waals surface area contributed by atoms with Crippen LogP contribution < -0.4 is 0 Å². The van der Waals surface area contributed by atoms with Gasteiger partial charge >= 0.3 is 0 Å². The third-order valence-electron chi connectivity index (χ3n) is 4.54. The highest BCUT2D eigenvalue weighted by atomic mass is 32.2. The van der Waals surface area contributed by atoms with E-state index in [9.17, 15) is 10.1 Å². The molecule has 1 aromatic heterocycles. The van der Waals surface area contributed by atoms with Gasteiger partial charge in [0.15, 0.2) is 11.0 Å². The van der Waals surface area contributed by atoms with E-state index in [-0.39, 0.29) is 11.7 Å². The van der Waals surface area contributed by atoms with Gasteiger partial charge in [-0.2, -0.15) is 0 Å².